The Bertz CT molecular complexity index is 195. The smallest absolute Gasteiger partial charge is 0.0978 e. The van der Waals surface area contributed by atoms with Crippen LogP contribution in [0.2, 0.25) is 5.04 Å². The SMILES string of the molecule is C=CC1([SiH3])C(C)CCCC1N=O. The first-order chi connectivity index (χ1) is 5.65. The standard InChI is InChI=1S/C9H17NOSi/c1-3-9(12)7(2)5-4-6-8(9)10-11/h3,7-8H,1,4-6H2,2,12H3. The minimum atomic E-state index is 0.00502. The summed E-state index contributed by atoms with van der Waals surface area (Å²) in [5.41, 5.74) is 0. The van der Waals surface area contributed by atoms with Crippen molar-refractivity contribution >= 4 is 10.2 Å². The Labute approximate surface area is 76.8 Å². The largest absolute Gasteiger partial charge is 0.150 e. The lowest BCUT2D eigenvalue weighted by molar-refractivity contribution is 0.285. The van der Waals surface area contributed by atoms with E-state index in [0.29, 0.717) is 5.92 Å². The van der Waals surface area contributed by atoms with Crippen LogP contribution in [0.5, 0.6) is 0 Å². The second-order valence-electron chi connectivity index (χ2n) is 4.02. The van der Waals surface area contributed by atoms with Crippen LogP contribution < -0.4 is 0 Å². The fourth-order valence-electron chi connectivity index (χ4n) is 2.07. The highest BCUT2D eigenvalue weighted by Gasteiger charge is 2.40. The van der Waals surface area contributed by atoms with Crippen LogP contribution in [-0.2, 0) is 0 Å². The van der Waals surface area contributed by atoms with Gasteiger partial charge in [-0.1, -0.05) is 31.0 Å². The fraction of sp³-hybridized carbons (Fsp3) is 0.778. The summed E-state index contributed by atoms with van der Waals surface area (Å²) in [4.78, 5) is 10.6. The molecule has 0 aromatic heterocycles. The van der Waals surface area contributed by atoms with Crippen LogP contribution in [0.1, 0.15) is 26.2 Å². The summed E-state index contributed by atoms with van der Waals surface area (Å²) >= 11 is 0. The van der Waals surface area contributed by atoms with E-state index >= 15 is 0 Å². The van der Waals surface area contributed by atoms with Crippen molar-refractivity contribution in [3.05, 3.63) is 17.6 Å². The normalized spacial score (nSPS) is 42.4. The van der Waals surface area contributed by atoms with Crippen LogP contribution in [0.25, 0.3) is 0 Å². The van der Waals surface area contributed by atoms with Gasteiger partial charge in [0, 0.05) is 15.3 Å². The Balaban J connectivity index is 2.86. The highest BCUT2D eigenvalue weighted by Crippen LogP contribution is 2.47. The summed E-state index contributed by atoms with van der Waals surface area (Å²) in [5, 5.41) is 3.30. The maximum Gasteiger partial charge on any atom is 0.0978 e. The Morgan fingerprint density at radius 2 is 2.33 bits per heavy atom. The maximum atomic E-state index is 10.6. The zero-order valence-corrected chi connectivity index (χ0v) is 9.92. The minimum absolute atomic E-state index is 0.00502. The van der Waals surface area contributed by atoms with E-state index in [1.165, 1.54) is 6.42 Å². The van der Waals surface area contributed by atoms with Crippen LogP contribution in [0.3, 0.4) is 0 Å². The molecule has 1 saturated carbocycles. The zero-order chi connectivity index (χ0) is 9.19. The molecule has 3 atom stereocenters. The first-order valence-corrected chi connectivity index (χ1v) is 5.61. The van der Waals surface area contributed by atoms with E-state index in [4.69, 9.17) is 0 Å². The summed E-state index contributed by atoms with van der Waals surface area (Å²) in [6.45, 7) is 6.05. The molecule has 0 amide bonds. The molecule has 1 rings (SSSR count). The minimum Gasteiger partial charge on any atom is -0.150 e. The van der Waals surface area contributed by atoms with Crippen molar-refractivity contribution in [2.75, 3.05) is 0 Å². The molecule has 12 heavy (non-hydrogen) atoms. The predicted molar refractivity (Wildman–Crippen MR) is 55.4 cm³/mol. The third kappa shape index (κ3) is 1.38. The highest BCUT2D eigenvalue weighted by molar-refractivity contribution is 6.17. The van der Waals surface area contributed by atoms with E-state index in [0.717, 1.165) is 23.1 Å². The molecule has 3 unspecified atom stereocenters. The van der Waals surface area contributed by atoms with Gasteiger partial charge in [-0.05, 0) is 12.3 Å². The van der Waals surface area contributed by atoms with E-state index < -0.39 is 0 Å². The molecule has 0 saturated heterocycles. The topological polar surface area (TPSA) is 29.4 Å². The number of hydrogen-bond donors (Lipinski definition) is 0. The van der Waals surface area contributed by atoms with Crippen LogP contribution in [0.4, 0.5) is 0 Å². The third-order valence-corrected chi connectivity index (χ3v) is 5.52. The first kappa shape index (κ1) is 9.64. The number of nitroso groups, excluding NO2 is 1. The number of hydrogen-bond acceptors (Lipinski definition) is 2. The van der Waals surface area contributed by atoms with Gasteiger partial charge < -0.3 is 0 Å². The molecule has 68 valence electrons. The zero-order valence-electron chi connectivity index (χ0n) is 7.92. The summed E-state index contributed by atoms with van der Waals surface area (Å²) in [7, 11) is 0.995. The fourth-order valence-corrected chi connectivity index (χ4v) is 2.75. The van der Waals surface area contributed by atoms with Crippen molar-refractivity contribution < 1.29 is 0 Å². The summed E-state index contributed by atoms with van der Waals surface area (Å²) < 4.78 is 0. The Morgan fingerprint density at radius 3 is 2.75 bits per heavy atom. The van der Waals surface area contributed by atoms with E-state index in [1.807, 2.05) is 6.08 Å². The van der Waals surface area contributed by atoms with Crippen molar-refractivity contribution in [1.82, 2.24) is 0 Å². The van der Waals surface area contributed by atoms with Gasteiger partial charge in [0.2, 0.25) is 0 Å². The molecule has 3 heteroatoms. The second-order valence-corrected chi connectivity index (χ2v) is 5.76. The Hall–Kier alpha value is -0.443. The van der Waals surface area contributed by atoms with Crippen molar-refractivity contribution in [2.45, 2.75) is 37.3 Å². The molecule has 1 fully saturated rings. The Morgan fingerprint density at radius 1 is 1.67 bits per heavy atom. The van der Waals surface area contributed by atoms with Crippen molar-refractivity contribution in [3.63, 3.8) is 0 Å². The monoisotopic (exact) mass is 183 g/mol. The van der Waals surface area contributed by atoms with Gasteiger partial charge in [-0.3, -0.25) is 0 Å². The molecular formula is C9H17NOSi. The van der Waals surface area contributed by atoms with Crippen molar-refractivity contribution in [3.8, 4) is 0 Å². The van der Waals surface area contributed by atoms with Crippen LogP contribution in [0, 0.1) is 10.8 Å². The van der Waals surface area contributed by atoms with Gasteiger partial charge in [-0.25, -0.2) is 0 Å². The predicted octanol–water partition coefficient (Wildman–Crippen LogP) is 1.65. The van der Waals surface area contributed by atoms with Gasteiger partial charge in [-0.15, -0.1) is 6.58 Å². The maximum absolute atomic E-state index is 10.6. The van der Waals surface area contributed by atoms with E-state index in [9.17, 15) is 4.91 Å². The van der Waals surface area contributed by atoms with Crippen molar-refractivity contribution in [1.29, 1.82) is 0 Å². The van der Waals surface area contributed by atoms with Gasteiger partial charge in [-0.2, -0.15) is 4.91 Å². The second kappa shape index (κ2) is 3.52. The molecule has 0 bridgehead atoms. The Kier molecular flexibility index (Phi) is 2.83. The summed E-state index contributed by atoms with van der Waals surface area (Å²) in [6.07, 6.45) is 5.30. The molecule has 2 nitrogen and oxygen atoms in total. The van der Waals surface area contributed by atoms with Gasteiger partial charge in [0.05, 0.1) is 6.04 Å². The van der Waals surface area contributed by atoms with Gasteiger partial charge in [0.1, 0.15) is 0 Å². The van der Waals surface area contributed by atoms with Crippen LogP contribution in [0.15, 0.2) is 17.8 Å². The average Bonchev–Trinajstić information content (AvgIpc) is 2.10. The molecule has 0 N–H and O–H groups in total. The summed E-state index contributed by atoms with van der Waals surface area (Å²) in [5.74, 6) is 0.595. The van der Waals surface area contributed by atoms with Crippen LogP contribution in [-0.4, -0.2) is 16.3 Å². The molecule has 0 radical (unpaired) electrons. The molecule has 0 spiro atoms. The first-order valence-electron chi connectivity index (χ1n) is 4.61. The lowest BCUT2D eigenvalue weighted by Gasteiger charge is -2.40. The molecule has 0 aromatic rings. The lowest BCUT2D eigenvalue weighted by Crippen LogP contribution is -2.35. The molecule has 0 aliphatic heterocycles. The number of rotatable bonds is 2. The third-order valence-electron chi connectivity index (χ3n) is 3.46. The van der Waals surface area contributed by atoms with E-state index in [-0.39, 0.29) is 11.1 Å². The molecule has 1 aliphatic rings. The quantitative estimate of drug-likeness (QED) is 0.364. The lowest BCUT2D eigenvalue weighted by atomic mass is 9.76. The van der Waals surface area contributed by atoms with Crippen LogP contribution >= 0.6 is 0 Å². The van der Waals surface area contributed by atoms with Gasteiger partial charge in [0.25, 0.3) is 0 Å². The van der Waals surface area contributed by atoms with Crippen molar-refractivity contribution in [2.24, 2.45) is 11.1 Å². The van der Waals surface area contributed by atoms with Gasteiger partial charge in [0.15, 0.2) is 0 Å². The number of nitrogens with zero attached hydrogens (tertiary/aromatic N) is 1. The van der Waals surface area contributed by atoms with E-state index in [1.54, 1.807) is 0 Å². The molecule has 0 aromatic carbocycles. The van der Waals surface area contributed by atoms with E-state index in [2.05, 4.69) is 18.7 Å². The highest BCUT2D eigenvalue weighted by atomic mass is 28.1. The average molecular weight is 183 g/mol. The molecule has 0 heterocycles. The van der Waals surface area contributed by atoms with Gasteiger partial charge >= 0.3 is 0 Å². The molecular weight excluding hydrogens is 166 g/mol. The molecule has 1 aliphatic carbocycles. The summed E-state index contributed by atoms with van der Waals surface area (Å²) in [6, 6.07) is 0.00502.